The standard InChI is InChI=1S/C14H12N2O4S/c17-13(16-8-21-7-11(16)14(18)19)10-6-12(20-15-10)9-4-2-1-3-5-9/h1-6,11H,7-8H2,(H,18,19). The fraction of sp³-hybridized carbons (Fsp3) is 0.214. The Labute approximate surface area is 124 Å². The summed E-state index contributed by atoms with van der Waals surface area (Å²) in [5.41, 5.74) is 0.942. The van der Waals surface area contributed by atoms with E-state index in [0.717, 1.165) is 5.56 Å². The van der Waals surface area contributed by atoms with E-state index in [1.54, 1.807) is 6.07 Å². The van der Waals surface area contributed by atoms with Crippen molar-refractivity contribution in [3.05, 3.63) is 42.1 Å². The third-order valence-electron chi connectivity index (χ3n) is 3.22. The van der Waals surface area contributed by atoms with Crippen LogP contribution in [0.25, 0.3) is 11.3 Å². The molecule has 1 atom stereocenters. The van der Waals surface area contributed by atoms with Gasteiger partial charge in [0, 0.05) is 17.4 Å². The van der Waals surface area contributed by atoms with Gasteiger partial charge in [-0.15, -0.1) is 11.8 Å². The summed E-state index contributed by atoms with van der Waals surface area (Å²) in [5, 5.41) is 12.9. The molecule has 2 heterocycles. The third-order valence-corrected chi connectivity index (χ3v) is 4.23. The average Bonchev–Trinajstić information content (AvgIpc) is 3.17. The SMILES string of the molecule is O=C(O)C1CSCN1C(=O)c1cc(-c2ccccc2)on1. The van der Waals surface area contributed by atoms with E-state index >= 15 is 0 Å². The first kappa shape index (κ1) is 13.7. The molecule has 2 aromatic rings. The molecule has 0 bridgehead atoms. The molecule has 7 heteroatoms. The molecule has 1 fully saturated rings. The van der Waals surface area contributed by atoms with Crippen LogP contribution in [0, 0.1) is 0 Å². The normalized spacial score (nSPS) is 17.9. The molecule has 1 saturated heterocycles. The highest BCUT2D eigenvalue weighted by Crippen LogP contribution is 2.25. The van der Waals surface area contributed by atoms with Gasteiger partial charge in [-0.25, -0.2) is 4.79 Å². The van der Waals surface area contributed by atoms with Crippen LogP contribution in [0.1, 0.15) is 10.5 Å². The molecule has 108 valence electrons. The quantitative estimate of drug-likeness (QED) is 0.933. The molecule has 1 amide bonds. The van der Waals surface area contributed by atoms with Crippen molar-refractivity contribution in [3.63, 3.8) is 0 Å². The molecule has 0 saturated carbocycles. The van der Waals surface area contributed by atoms with Gasteiger partial charge in [-0.2, -0.15) is 0 Å². The summed E-state index contributed by atoms with van der Waals surface area (Å²) in [5.74, 6) is -0.190. The molecule has 1 N–H and O–H groups in total. The number of rotatable bonds is 3. The highest BCUT2D eigenvalue weighted by Gasteiger charge is 2.36. The van der Waals surface area contributed by atoms with Crippen molar-refractivity contribution in [1.29, 1.82) is 0 Å². The number of aromatic nitrogens is 1. The first-order valence-corrected chi connectivity index (χ1v) is 7.46. The van der Waals surface area contributed by atoms with E-state index in [-0.39, 0.29) is 5.69 Å². The first-order valence-electron chi connectivity index (χ1n) is 6.30. The molecule has 0 spiro atoms. The van der Waals surface area contributed by atoms with Crippen molar-refractivity contribution >= 4 is 23.6 Å². The second kappa shape index (κ2) is 5.61. The van der Waals surface area contributed by atoms with Gasteiger partial charge in [-0.3, -0.25) is 4.79 Å². The van der Waals surface area contributed by atoms with E-state index in [1.807, 2.05) is 30.3 Å². The second-order valence-corrected chi connectivity index (χ2v) is 5.57. The lowest BCUT2D eigenvalue weighted by atomic mass is 10.1. The Bertz CT molecular complexity index is 671. The Morgan fingerprint density at radius 1 is 1.33 bits per heavy atom. The zero-order chi connectivity index (χ0) is 14.8. The van der Waals surface area contributed by atoms with Crippen molar-refractivity contribution < 1.29 is 19.2 Å². The highest BCUT2D eigenvalue weighted by molar-refractivity contribution is 7.99. The predicted octanol–water partition coefficient (Wildman–Crippen LogP) is 1.94. The van der Waals surface area contributed by atoms with Crippen LogP contribution in [0.4, 0.5) is 0 Å². The van der Waals surface area contributed by atoms with Crippen LogP contribution in [0.2, 0.25) is 0 Å². The summed E-state index contributed by atoms with van der Waals surface area (Å²) in [6.45, 7) is 0. The topological polar surface area (TPSA) is 83.6 Å². The van der Waals surface area contributed by atoms with Crippen molar-refractivity contribution in [1.82, 2.24) is 10.1 Å². The smallest absolute Gasteiger partial charge is 0.327 e. The fourth-order valence-electron chi connectivity index (χ4n) is 2.11. The number of carboxylic acids is 1. The predicted molar refractivity (Wildman–Crippen MR) is 76.9 cm³/mol. The van der Waals surface area contributed by atoms with E-state index in [2.05, 4.69) is 5.16 Å². The molecule has 0 aliphatic carbocycles. The second-order valence-electron chi connectivity index (χ2n) is 4.57. The molecule has 0 radical (unpaired) electrons. The molecule has 1 aromatic heterocycles. The lowest BCUT2D eigenvalue weighted by Gasteiger charge is -2.18. The summed E-state index contributed by atoms with van der Waals surface area (Å²) in [6, 6.07) is 10.0. The van der Waals surface area contributed by atoms with Gasteiger partial charge in [0.1, 0.15) is 6.04 Å². The Kier molecular flexibility index (Phi) is 3.66. The number of carbonyl (C=O) groups excluding carboxylic acids is 1. The van der Waals surface area contributed by atoms with Crippen LogP contribution >= 0.6 is 11.8 Å². The van der Waals surface area contributed by atoms with Crippen LogP contribution < -0.4 is 0 Å². The number of hydrogen-bond acceptors (Lipinski definition) is 5. The van der Waals surface area contributed by atoms with Gasteiger partial charge in [0.05, 0.1) is 5.88 Å². The fourth-order valence-corrected chi connectivity index (χ4v) is 3.25. The average molecular weight is 304 g/mol. The molecular weight excluding hydrogens is 292 g/mol. The van der Waals surface area contributed by atoms with Gasteiger partial charge < -0.3 is 14.5 Å². The van der Waals surface area contributed by atoms with Gasteiger partial charge in [0.15, 0.2) is 11.5 Å². The van der Waals surface area contributed by atoms with Gasteiger partial charge >= 0.3 is 5.97 Å². The zero-order valence-corrected chi connectivity index (χ0v) is 11.7. The summed E-state index contributed by atoms with van der Waals surface area (Å²) in [6.07, 6.45) is 0. The zero-order valence-electron chi connectivity index (χ0n) is 10.9. The van der Waals surface area contributed by atoms with Crippen molar-refractivity contribution in [2.45, 2.75) is 6.04 Å². The molecule has 1 aliphatic rings. The lowest BCUT2D eigenvalue weighted by molar-refractivity contribution is -0.140. The minimum Gasteiger partial charge on any atom is -0.480 e. The Morgan fingerprint density at radius 2 is 2.10 bits per heavy atom. The molecule has 1 aromatic carbocycles. The van der Waals surface area contributed by atoms with E-state index < -0.39 is 17.9 Å². The highest BCUT2D eigenvalue weighted by atomic mass is 32.2. The van der Waals surface area contributed by atoms with Crippen molar-refractivity contribution in [3.8, 4) is 11.3 Å². The number of benzene rings is 1. The minimum absolute atomic E-state index is 0.127. The number of carboxylic acid groups (broad SMARTS) is 1. The number of amides is 1. The number of carbonyl (C=O) groups is 2. The van der Waals surface area contributed by atoms with Crippen molar-refractivity contribution in [2.75, 3.05) is 11.6 Å². The monoisotopic (exact) mass is 304 g/mol. The number of aliphatic carboxylic acids is 1. The van der Waals surface area contributed by atoms with Crippen LogP contribution in [0.3, 0.4) is 0 Å². The van der Waals surface area contributed by atoms with E-state index in [4.69, 9.17) is 9.63 Å². The molecule has 1 aliphatic heterocycles. The Hall–Kier alpha value is -2.28. The van der Waals surface area contributed by atoms with E-state index in [0.29, 0.717) is 17.4 Å². The maximum atomic E-state index is 12.3. The molecular formula is C14H12N2O4S. The molecule has 3 rings (SSSR count). The summed E-state index contributed by atoms with van der Waals surface area (Å²) in [7, 11) is 0. The van der Waals surface area contributed by atoms with E-state index in [1.165, 1.54) is 16.7 Å². The van der Waals surface area contributed by atoms with Crippen molar-refractivity contribution in [2.24, 2.45) is 0 Å². The maximum Gasteiger partial charge on any atom is 0.327 e. The first-order chi connectivity index (χ1) is 10.2. The minimum atomic E-state index is -1.000. The summed E-state index contributed by atoms with van der Waals surface area (Å²) >= 11 is 1.41. The summed E-state index contributed by atoms with van der Waals surface area (Å²) in [4.78, 5) is 24.8. The molecule has 6 nitrogen and oxygen atoms in total. The van der Waals surface area contributed by atoms with Crippen LogP contribution in [-0.4, -0.2) is 44.7 Å². The Balaban J connectivity index is 1.83. The Morgan fingerprint density at radius 3 is 2.81 bits per heavy atom. The van der Waals surface area contributed by atoms with Gasteiger partial charge in [0.2, 0.25) is 0 Å². The van der Waals surface area contributed by atoms with Crippen LogP contribution in [0.5, 0.6) is 0 Å². The number of hydrogen-bond donors (Lipinski definition) is 1. The van der Waals surface area contributed by atoms with Gasteiger partial charge in [-0.05, 0) is 0 Å². The lowest BCUT2D eigenvalue weighted by Crippen LogP contribution is -2.41. The van der Waals surface area contributed by atoms with Crippen LogP contribution in [-0.2, 0) is 4.79 Å². The largest absolute Gasteiger partial charge is 0.480 e. The third kappa shape index (κ3) is 2.64. The van der Waals surface area contributed by atoms with E-state index in [9.17, 15) is 9.59 Å². The van der Waals surface area contributed by atoms with Crippen LogP contribution in [0.15, 0.2) is 40.9 Å². The van der Waals surface area contributed by atoms with Gasteiger partial charge in [0.25, 0.3) is 5.91 Å². The summed E-state index contributed by atoms with van der Waals surface area (Å²) < 4.78 is 5.18. The molecule has 1 unspecified atom stereocenters. The number of nitrogens with zero attached hydrogens (tertiary/aromatic N) is 2. The molecule has 21 heavy (non-hydrogen) atoms. The maximum absolute atomic E-state index is 12.3. The van der Waals surface area contributed by atoms with Gasteiger partial charge in [-0.1, -0.05) is 35.5 Å². The number of thioether (sulfide) groups is 1.